The molecule has 0 unspecified atom stereocenters. The van der Waals surface area contributed by atoms with Crippen LogP contribution in [0.25, 0.3) is 27.9 Å². The van der Waals surface area contributed by atoms with Gasteiger partial charge in [0.2, 0.25) is 5.91 Å². The van der Waals surface area contributed by atoms with Gasteiger partial charge in [0.1, 0.15) is 12.6 Å². The summed E-state index contributed by atoms with van der Waals surface area (Å²) in [5.74, 6) is 0.0470. The molecule has 1 aromatic heterocycles. The van der Waals surface area contributed by atoms with Gasteiger partial charge in [-0.05, 0) is 52.3 Å². The maximum Gasteiger partial charge on any atom is 0.249 e. The Balaban J connectivity index is 1.48. The topological polar surface area (TPSA) is 79.9 Å². The molecule has 0 bridgehead atoms. The number of aromatic nitrogens is 2. The number of carbonyl (C=O) groups excluding carboxylic acids is 1. The number of imidazole rings is 1. The number of hydrogen-bond donors (Lipinski definition) is 1. The van der Waals surface area contributed by atoms with Gasteiger partial charge < -0.3 is 14.6 Å². The van der Waals surface area contributed by atoms with Crippen molar-refractivity contribution in [3.8, 4) is 34.0 Å². The van der Waals surface area contributed by atoms with E-state index in [4.69, 9.17) is 10.00 Å². The van der Waals surface area contributed by atoms with Gasteiger partial charge in [0.05, 0.1) is 19.0 Å². The van der Waals surface area contributed by atoms with Gasteiger partial charge in [-0.1, -0.05) is 74.5 Å². The van der Waals surface area contributed by atoms with Crippen molar-refractivity contribution in [2.75, 3.05) is 6.54 Å². The van der Waals surface area contributed by atoms with Crippen LogP contribution in [0.4, 0.5) is 0 Å². The number of nitriles is 1. The zero-order valence-electron chi connectivity index (χ0n) is 20.6. The Labute approximate surface area is 212 Å². The lowest BCUT2D eigenvalue weighted by molar-refractivity contribution is -0.134. The lowest BCUT2D eigenvalue weighted by Crippen LogP contribution is -2.37. The average molecular weight is 479 g/mol. The minimum atomic E-state index is -0.598. The molecule has 1 atom stereocenters. The van der Waals surface area contributed by atoms with E-state index in [1.165, 1.54) is 0 Å². The second-order valence-corrected chi connectivity index (χ2v) is 9.06. The Morgan fingerprint density at radius 2 is 1.67 bits per heavy atom. The quantitative estimate of drug-likeness (QED) is 0.293. The molecular formula is C30H30N4O2. The third-order valence-corrected chi connectivity index (χ3v) is 5.98. The third-order valence-electron chi connectivity index (χ3n) is 5.98. The maximum atomic E-state index is 12.5. The molecule has 1 amide bonds. The fourth-order valence-corrected chi connectivity index (χ4v) is 4.12. The van der Waals surface area contributed by atoms with Crippen LogP contribution in [-0.2, 0) is 16.1 Å². The lowest BCUT2D eigenvalue weighted by Gasteiger charge is -2.20. The van der Waals surface area contributed by atoms with E-state index < -0.39 is 6.10 Å². The number of carbonyl (C=O) groups is 1. The number of benzene rings is 3. The molecule has 6 heteroatoms. The number of ether oxygens (including phenoxy) is 1. The molecule has 0 saturated heterocycles. The molecule has 36 heavy (non-hydrogen) atoms. The molecule has 0 spiro atoms. The fourth-order valence-electron chi connectivity index (χ4n) is 4.12. The van der Waals surface area contributed by atoms with Crippen molar-refractivity contribution in [3.05, 3.63) is 97.1 Å². The van der Waals surface area contributed by atoms with Crippen LogP contribution in [0, 0.1) is 17.2 Å². The summed E-state index contributed by atoms with van der Waals surface area (Å²) in [7, 11) is 0. The predicted octanol–water partition coefficient (Wildman–Crippen LogP) is 5.78. The highest BCUT2D eigenvalue weighted by Crippen LogP contribution is 2.28. The highest BCUT2D eigenvalue weighted by molar-refractivity contribution is 5.81. The van der Waals surface area contributed by atoms with Crippen LogP contribution in [0.5, 0.6) is 0 Å². The first-order valence-electron chi connectivity index (χ1n) is 12.1. The van der Waals surface area contributed by atoms with Crippen LogP contribution >= 0.6 is 0 Å². The predicted molar refractivity (Wildman–Crippen MR) is 141 cm³/mol. The van der Waals surface area contributed by atoms with Crippen LogP contribution in [0.1, 0.15) is 25.8 Å². The Hall–Kier alpha value is -4.21. The summed E-state index contributed by atoms with van der Waals surface area (Å²) in [5, 5.41) is 11.4. The molecule has 182 valence electrons. The number of amides is 1. The number of hydrogen-bond acceptors (Lipinski definition) is 4. The summed E-state index contributed by atoms with van der Waals surface area (Å²) in [4.78, 5) is 16.6. The van der Waals surface area contributed by atoms with Gasteiger partial charge in [0, 0.05) is 18.1 Å². The van der Waals surface area contributed by atoms with E-state index in [0.717, 1.165) is 33.5 Å². The fraction of sp³-hybridized carbons (Fsp3) is 0.233. The van der Waals surface area contributed by atoms with Crippen LogP contribution in [0.15, 0.2) is 91.5 Å². The van der Waals surface area contributed by atoms with Crippen molar-refractivity contribution in [2.24, 2.45) is 5.92 Å². The van der Waals surface area contributed by atoms with Gasteiger partial charge in [-0.3, -0.25) is 4.79 Å². The molecule has 4 rings (SSSR count). The van der Waals surface area contributed by atoms with E-state index in [9.17, 15) is 4.79 Å². The smallest absolute Gasteiger partial charge is 0.249 e. The first-order chi connectivity index (χ1) is 17.5. The summed E-state index contributed by atoms with van der Waals surface area (Å²) < 4.78 is 8.04. The molecular weight excluding hydrogens is 448 g/mol. The van der Waals surface area contributed by atoms with Gasteiger partial charge >= 0.3 is 0 Å². The largest absolute Gasteiger partial charge is 0.364 e. The van der Waals surface area contributed by atoms with Crippen LogP contribution in [-0.4, -0.2) is 28.1 Å². The molecule has 0 saturated carbocycles. The van der Waals surface area contributed by atoms with E-state index in [-0.39, 0.29) is 12.5 Å². The molecule has 0 fully saturated rings. The number of rotatable bonds is 10. The van der Waals surface area contributed by atoms with Gasteiger partial charge in [0.15, 0.2) is 0 Å². The maximum absolute atomic E-state index is 12.5. The standard InChI is InChI=1S/C30H30N4O2/c1-22(2)19-29(30(35)33-16-15-31)36-20-26-5-3-4-6-28(26)25-9-7-23(8-10-25)24-11-13-27(14-12-24)34-18-17-32-21-34/h3-14,17-18,21-22,29H,16,19-20H2,1-2H3,(H,33,35)/t29-/m0/s1. The second kappa shape index (κ2) is 12.0. The Morgan fingerprint density at radius 1 is 1.00 bits per heavy atom. The van der Waals surface area contributed by atoms with Crippen molar-refractivity contribution >= 4 is 5.91 Å². The molecule has 0 aliphatic rings. The number of nitrogens with zero attached hydrogens (tertiary/aromatic N) is 3. The molecule has 3 aromatic carbocycles. The van der Waals surface area contributed by atoms with Gasteiger partial charge in [-0.25, -0.2) is 4.98 Å². The highest BCUT2D eigenvalue weighted by Gasteiger charge is 2.21. The summed E-state index contributed by atoms with van der Waals surface area (Å²) in [5.41, 5.74) is 6.51. The SMILES string of the molecule is CC(C)C[C@H](OCc1ccccc1-c1ccc(-c2ccc(-n3ccnc3)cc2)cc1)C(=O)NCC#N. The molecule has 1 heterocycles. The Kier molecular flexibility index (Phi) is 8.28. The normalized spacial score (nSPS) is 11.7. The van der Waals surface area contributed by atoms with Gasteiger partial charge in [-0.2, -0.15) is 5.26 Å². The van der Waals surface area contributed by atoms with E-state index >= 15 is 0 Å². The Bertz CT molecular complexity index is 1300. The summed E-state index contributed by atoms with van der Waals surface area (Å²) in [6.07, 6.45) is 5.47. The molecule has 0 radical (unpaired) electrons. The van der Waals surface area contributed by atoms with Crippen LogP contribution in [0.3, 0.4) is 0 Å². The molecule has 1 N–H and O–H groups in total. The zero-order chi connectivity index (χ0) is 25.3. The van der Waals surface area contributed by atoms with Crippen molar-refractivity contribution in [1.29, 1.82) is 5.26 Å². The average Bonchev–Trinajstić information content (AvgIpc) is 3.45. The third kappa shape index (κ3) is 6.26. The monoisotopic (exact) mass is 478 g/mol. The molecule has 0 aliphatic heterocycles. The van der Waals surface area contributed by atoms with Gasteiger partial charge in [-0.15, -0.1) is 0 Å². The van der Waals surface area contributed by atoms with Crippen molar-refractivity contribution in [3.63, 3.8) is 0 Å². The van der Waals surface area contributed by atoms with Gasteiger partial charge in [0.25, 0.3) is 0 Å². The van der Waals surface area contributed by atoms with E-state index in [1.807, 2.05) is 35.0 Å². The lowest BCUT2D eigenvalue weighted by atomic mass is 9.97. The highest BCUT2D eigenvalue weighted by atomic mass is 16.5. The first kappa shape index (κ1) is 24.9. The zero-order valence-corrected chi connectivity index (χ0v) is 20.6. The summed E-state index contributed by atoms with van der Waals surface area (Å²) in [6.45, 7) is 4.39. The molecule has 4 aromatic rings. The van der Waals surface area contributed by atoms with E-state index in [2.05, 4.69) is 78.7 Å². The molecule has 0 aliphatic carbocycles. The summed E-state index contributed by atoms with van der Waals surface area (Å²) in [6, 6.07) is 26.9. The van der Waals surface area contributed by atoms with Crippen molar-refractivity contribution in [2.45, 2.75) is 33.0 Å². The number of nitrogens with one attached hydrogen (secondary N) is 1. The first-order valence-corrected chi connectivity index (χ1v) is 12.1. The van der Waals surface area contributed by atoms with E-state index in [0.29, 0.717) is 18.9 Å². The van der Waals surface area contributed by atoms with Crippen molar-refractivity contribution < 1.29 is 9.53 Å². The van der Waals surface area contributed by atoms with E-state index in [1.54, 1.807) is 12.5 Å². The van der Waals surface area contributed by atoms with Crippen LogP contribution < -0.4 is 5.32 Å². The Morgan fingerprint density at radius 3 is 2.31 bits per heavy atom. The minimum absolute atomic E-state index is 0.0218. The minimum Gasteiger partial charge on any atom is -0.364 e. The second-order valence-electron chi connectivity index (χ2n) is 9.06. The van der Waals surface area contributed by atoms with Crippen molar-refractivity contribution in [1.82, 2.24) is 14.9 Å². The molecule has 6 nitrogen and oxygen atoms in total. The summed E-state index contributed by atoms with van der Waals surface area (Å²) >= 11 is 0. The van der Waals surface area contributed by atoms with Crippen LogP contribution in [0.2, 0.25) is 0 Å².